The molecule has 2 heterocycles. The molecule has 0 saturated heterocycles. The van der Waals surface area contributed by atoms with E-state index in [2.05, 4.69) is 10.3 Å². The van der Waals surface area contributed by atoms with E-state index < -0.39 is 11.9 Å². The number of fused-ring (bicyclic) bond motifs is 1. The maximum Gasteiger partial charge on any atom is 0.308 e. The molecule has 0 bridgehead atoms. The van der Waals surface area contributed by atoms with Gasteiger partial charge in [0, 0.05) is 24.3 Å². The number of aromatic nitrogens is 2. The lowest BCUT2D eigenvalue weighted by Gasteiger charge is -2.10. The van der Waals surface area contributed by atoms with Crippen LogP contribution in [-0.4, -0.2) is 32.9 Å². The standard InChI is InChI=1S/C12H15N3O3S/c1-2-8(11(17)18)6-13-10(16)5-9-7-15-3-4-19-12(15)14-9/h3-4,7-8H,2,5-6H2,1H3,(H,13,16)(H,17,18). The van der Waals surface area contributed by atoms with Gasteiger partial charge in [-0.15, -0.1) is 11.3 Å². The Labute approximate surface area is 114 Å². The summed E-state index contributed by atoms with van der Waals surface area (Å²) in [5, 5.41) is 13.4. The molecule has 0 aliphatic rings. The molecule has 7 heteroatoms. The first-order valence-corrected chi connectivity index (χ1v) is 6.88. The van der Waals surface area contributed by atoms with E-state index >= 15 is 0 Å². The highest BCUT2D eigenvalue weighted by Gasteiger charge is 2.16. The minimum absolute atomic E-state index is 0.160. The number of nitrogens with one attached hydrogen (secondary N) is 1. The van der Waals surface area contributed by atoms with Crippen LogP contribution in [0.25, 0.3) is 4.96 Å². The van der Waals surface area contributed by atoms with Crippen molar-refractivity contribution in [2.45, 2.75) is 19.8 Å². The number of imidazole rings is 1. The van der Waals surface area contributed by atoms with Crippen molar-refractivity contribution >= 4 is 28.2 Å². The maximum atomic E-state index is 11.7. The fraction of sp³-hybridized carbons (Fsp3) is 0.417. The fourth-order valence-corrected chi connectivity index (χ4v) is 2.45. The zero-order chi connectivity index (χ0) is 13.8. The Balaban J connectivity index is 1.87. The zero-order valence-electron chi connectivity index (χ0n) is 10.5. The van der Waals surface area contributed by atoms with Crippen LogP contribution in [0.3, 0.4) is 0 Å². The second-order valence-corrected chi connectivity index (χ2v) is 5.12. The van der Waals surface area contributed by atoms with E-state index in [-0.39, 0.29) is 18.9 Å². The predicted molar refractivity (Wildman–Crippen MR) is 71.2 cm³/mol. The summed E-state index contributed by atoms with van der Waals surface area (Å²) in [5.41, 5.74) is 0.688. The molecule has 0 spiro atoms. The zero-order valence-corrected chi connectivity index (χ0v) is 11.3. The summed E-state index contributed by atoms with van der Waals surface area (Å²) in [6.45, 7) is 1.95. The van der Waals surface area contributed by atoms with Gasteiger partial charge in [0.2, 0.25) is 5.91 Å². The molecule has 2 rings (SSSR count). The van der Waals surface area contributed by atoms with Gasteiger partial charge in [-0.2, -0.15) is 0 Å². The van der Waals surface area contributed by atoms with Crippen molar-refractivity contribution in [1.82, 2.24) is 14.7 Å². The number of carboxylic acid groups (broad SMARTS) is 1. The van der Waals surface area contributed by atoms with Crippen molar-refractivity contribution < 1.29 is 14.7 Å². The van der Waals surface area contributed by atoms with Crippen molar-refractivity contribution in [3.8, 4) is 0 Å². The third kappa shape index (κ3) is 3.31. The van der Waals surface area contributed by atoms with Crippen LogP contribution >= 0.6 is 11.3 Å². The number of rotatable bonds is 6. The molecule has 102 valence electrons. The van der Waals surface area contributed by atoms with Crippen molar-refractivity contribution in [2.24, 2.45) is 5.92 Å². The van der Waals surface area contributed by atoms with E-state index in [1.165, 1.54) is 11.3 Å². The van der Waals surface area contributed by atoms with E-state index in [0.29, 0.717) is 12.1 Å². The molecule has 2 aromatic heterocycles. The lowest BCUT2D eigenvalue weighted by molar-refractivity contribution is -0.141. The SMILES string of the molecule is CCC(CNC(=O)Cc1cn2ccsc2n1)C(=O)O. The number of nitrogens with zero attached hydrogens (tertiary/aromatic N) is 2. The number of aliphatic carboxylic acids is 1. The largest absolute Gasteiger partial charge is 0.481 e. The summed E-state index contributed by atoms with van der Waals surface area (Å²) in [6, 6.07) is 0. The molecule has 0 radical (unpaired) electrons. The van der Waals surface area contributed by atoms with Gasteiger partial charge >= 0.3 is 5.97 Å². The van der Waals surface area contributed by atoms with E-state index in [4.69, 9.17) is 5.11 Å². The van der Waals surface area contributed by atoms with Crippen LogP contribution in [0.4, 0.5) is 0 Å². The molecule has 0 aromatic carbocycles. The van der Waals surface area contributed by atoms with Crippen LogP contribution in [0.1, 0.15) is 19.0 Å². The summed E-state index contributed by atoms with van der Waals surface area (Å²) >= 11 is 1.50. The Hall–Kier alpha value is -1.89. The molecule has 2 N–H and O–H groups in total. The van der Waals surface area contributed by atoms with Crippen molar-refractivity contribution in [3.05, 3.63) is 23.5 Å². The Morgan fingerprint density at radius 3 is 3.00 bits per heavy atom. The molecule has 1 unspecified atom stereocenters. The fourth-order valence-electron chi connectivity index (χ4n) is 1.73. The average Bonchev–Trinajstić information content (AvgIpc) is 2.89. The first-order valence-electron chi connectivity index (χ1n) is 6.00. The van der Waals surface area contributed by atoms with Gasteiger partial charge in [-0.3, -0.25) is 14.0 Å². The number of carbonyl (C=O) groups is 2. The van der Waals surface area contributed by atoms with Crippen molar-refractivity contribution in [3.63, 3.8) is 0 Å². The van der Waals surface area contributed by atoms with Gasteiger partial charge in [0.15, 0.2) is 4.96 Å². The highest BCUT2D eigenvalue weighted by atomic mass is 32.1. The summed E-state index contributed by atoms with van der Waals surface area (Å²) in [7, 11) is 0. The van der Waals surface area contributed by atoms with Gasteiger partial charge in [0.25, 0.3) is 0 Å². The second kappa shape index (κ2) is 5.83. The number of amides is 1. The van der Waals surface area contributed by atoms with Gasteiger partial charge in [-0.25, -0.2) is 4.98 Å². The van der Waals surface area contributed by atoms with Crippen LogP contribution in [0.5, 0.6) is 0 Å². The molecular formula is C12H15N3O3S. The normalized spacial score (nSPS) is 12.5. The Morgan fingerprint density at radius 2 is 2.37 bits per heavy atom. The molecule has 0 aliphatic heterocycles. The number of hydrogen-bond acceptors (Lipinski definition) is 4. The minimum Gasteiger partial charge on any atom is -0.481 e. The molecule has 1 amide bonds. The smallest absolute Gasteiger partial charge is 0.308 e. The van der Waals surface area contributed by atoms with Crippen LogP contribution < -0.4 is 5.32 Å². The third-order valence-corrected chi connectivity index (χ3v) is 3.64. The molecule has 0 saturated carbocycles. The van der Waals surface area contributed by atoms with E-state index in [1.54, 1.807) is 13.1 Å². The van der Waals surface area contributed by atoms with E-state index in [1.807, 2.05) is 16.0 Å². The summed E-state index contributed by atoms with van der Waals surface area (Å²) in [4.78, 5) is 27.7. The molecule has 6 nitrogen and oxygen atoms in total. The third-order valence-electron chi connectivity index (χ3n) is 2.87. The highest BCUT2D eigenvalue weighted by Crippen LogP contribution is 2.11. The number of carbonyl (C=O) groups excluding carboxylic acids is 1. The van der Waals surface area contributed by atoms with Gasteiger partial charge in [0.05, 0.1) is 18.0 Å². The van der Waals surface area contributed by atoms with Gasteiger partial charge in [-0.1, -0.05) is 6.92 Å². The van der Waals surface area contributed by atoms with E-state index in [9.17, 15) is 9.59 Å². The molecular weight excluding hydrogens is 266 g/mol. The van der Waals surface area contributed by atoms with Crippen LogP contribution in [0.15, 0.2) is 17.8 Å². The van der Waals surface area contributed by atoms with Crippen LogP contribution in [-0.2, 0) is 16.0 Å². The molecule has 1 atom stereocenters. The summed E-state index contributed by atoms with van der Waals surface area (Å²) in [5.74, 6) is -1.62. The molecule has 0 aliphatic carbocycles. The lowest BCUT2D eigenvalue weighted by atomic mass is 10.1. The van der Waals surface area contributed by atoms with Crippen LogP contribution in [0.2, 0.25) is 0 Å². The first-order chi connectivity index (χ1) is 9.10. The Kier molecular flexibility index (Phi) is 4.16. The van der Waals surface area contributed by atoms with Crippen molar-refractivity contribution in [1.29, 1.82) is 0 Å². The Bertz CT molecular complexity index is 561. The predicted octanol–water partition coefficient (Wildman–Crippen LogP) is 1.17. The summed E-state index contributed by atoms with van der Waals surface area (Å²) in [6.07, 6.45) is 4.35. The topological polar surface area (TPSA) is 83.7 Å². The number of carboxylic acids is 1. The van der Waals surface area contributed by atoms with Crippen molar-refractivity contribution in [2.75, 3.05) is 6.54 Å². The number of thiazole rings is 1. The second-order valence-electron chi connectivity index (χ2n) is 4.25. The average molecular weight is 281 g/mol. The van der Waals surface area contributed by atoms with Gasteiger partial charge in [-0.05, 0) is 6.42 Å². The first kappa shape index (κ1) is 13.5. The molecule has 2 aromatic rings. The monoisotopic (exact) mass is 281 g/mol. The maximum absolute atomic E-state index is 11.7. The lowest BCUT2D eigenvalue weighted by Crippen LogP contribution is -2.33. The van der Waals surface area contributed by atoms with Gasteiger partial charge in [0.1, 0.15) is 0 Å². The Morgan fingerprint density at radius 1 is 1.58 bits per heavy atom. The minimum atomic E-state index is -0.884. The summed E-state index contributed by atoms with van der Waals surface area (Å²) < 4.78 is 1.86. The highest BCUT2D eigenvalue weighted by molar-refractivity contribution is 7.15. The quantitative estimate of drug-likeness (QED) is 0.832. The molecule has 19 heavy (non-hydrogen) atoms. The van der Waals surface area contributed by atoms with Crippen LogP contribution in [0, 0.1) is 5.92 Å². The molecule has 0 fully saturated rings. The van der Waals surface area contributed by atoms with Gasteiger partial charge < -0.3 is 10.4 Å². The number of hydrogen-bond donors (Lipinski definition) is 2. The van der Waals surface area contributed by atoms with E-state index in [0.717, 1.165) is 4.96 Å².